The minimum atomic E-state index is 0.110. The van der Waals surface area contributed by atoms with E-state index in [1.54, 1.807) is 0 Å². The predicted octanol–water partition coefficient (Wildman–Crippen LogP) is 3.22. The molecule has 1 fully saturated rings. The highest BCUT2D eigenvalue weighted by Gasteiger charge is 2.20. The van der Waals surface area contributed by atoms with Crippen molar-refractivity contribution in [3.8, 4) is 0 Å². The van der Waals surface area contributed by atoms with Gasteiger partial charge in [0.1, 0.15) is 0 Å². The van der Waals surface area contributed by atoms with Crippen molar-refractivity contribution in [2.24, 2.45) is 0 Å². The molecule has 1 amide bonds. The molecular weight excluding hydrogens is 374 g/mol. The van der Waals surface area contributed by atoms with Crippen LogP contribution in [-0.2, 0) is 24.2 Å². The molecule has 0 saturated carbocycles. The maximum Gasteiger partial charge on any atom is 0.253 e. The number of amides is 1. The molecule has 0 atom stereocenters. The smallest absolute Gasteiger partial charge is 0.253 e. The third kappa shape index (κ3) is 4.85. The molecule has 160 valence electrons. The second kappa shape index (κ2) is 9.63. The highest BCUT2D eigenvalue weighted by molar-refractivity contribution is 5.94. The molecule has 5 nitrogen and oxygen atoms in total. The summed E-state index contributed by atoms with van der Waals surface area (Å²) < 4.78 is 5.49. The van der Waals surface area contributed by atoms with Crippen LogP contribution in [0.2, 0.25) is 0 Å². The van der Waals surface area contributed by atoms with Gasteiger partial charge < -0.3 is 14.5 Å². The van der Waals surface area contributed by atoms with Gasteiger partial charge in [-0.25, -0.2) is 0 Å². The second-order valence-corrected chi connectivity index (χ2v) is 8.36. The summed E-state index contributed by atoms with van der Waals surface area (Å²) in [5.74, 6) is 0.110. The molecule has 2 aliphatic heterocycles. The summed E-state index contributed by atoms with van der Waals surface area (Å²) >= 11 is 0. The number of nitrogens with zero attached hydrogens (tertiary/aromatic N) is 3. The molecular formula is C25H33N3O2. The van der Waals surface area contributed by atoms with Gasteiger partial charge in [0.05, 0.1) is 13.2 Å². The van der Waals surface area contributed by atoms with Gasteiger partial charge in [0.25, 0.3) is 5.91 Å². The monoisotopic (exact) mass is 407 g/mol. The molecule has 2 aromatic carbocycles. The zero-order valence-electron chi connectivity index (χ0n) is 18.3. The maximum atomic E-state index is 12.9. The zero-order chi connectivity index (χ0) is 20.9. The molecule has 0 unspecified atom stereocenters. The number of anilines is 1. The number of hydrogen-bond donors (Lipinski definition) is 0. The lowest BCUT2D eigenvalue weighted by atomic mass is 10.00. The van der Waals surface area contributed by atoms with Crippen molar-refractivity contribution in [1.29, 1.82) is 0 Å². The first-order valence-corrected chi connectivity index (χ1v) is 11.2. The Kier molecular flexibility index (Phi) is 6.70. The third-order valence-corrected chi connectivity index (χ3v) is 6.41. The molecule has 0 bridgehead atoms. The van der Waals surface area contributed by atoms with Gasteiger partial charge in [-0.05, 0) is 53.8 Å². The number of carbonyl (C=O) groups excluding carboxylic acids is 1. The summed E-state index contributed by atoms with van der Waals surface area (Å²) in [7, 11) is 1.91. The molecule has 1 saturated heterocycles. The molecule has 30 heavy (non-hydrogen) atoms. The summed E-state index contributed by atoms with van der Waals surface area (Å²) in [6, 6.07) is 15.0. The van der Waals surface area contributed by atoms with Crippen molar-refractivity contribution in [1.82, 2.24) is 9.80 Å². The number of benzene rings is 2. The first-order valence-electron chi connectivity index (χ1n) is 11.2. The third-order valence-electron chi connectivity index (χ3n) is 6.41. The molecule has 0 aliphatic carbocycles. The molecule has 5 heteroatoms. The van der Waals surface area contributed by atoms with Crippen molar-refractivity contribution in [3.05, 3.63) is 64.7 Å². The van der Waals surface area contributed by atoms with E-state index in [4.69, 9.17) is 4.74 Å². The Labute approximate surface area is 180 Å². The topological polar surface area (TPSA) is 36.0 Å². The van der Waals surface area contributed by atoms with Gasteiger partial charge in [-0.2, -0.15) is 0 Å². The van der Waals surface area contributed by atoms with E-state index in [1.807, 2.05) is 24.1 Å². The second-order valence-electron chi connectivity index (χ2n) is 8.36. The average Bonchev–Trinajstić information content (AvgIpc) is 2.82. The Hall–Kier alpha value is -2.37. The van der Waals surface area contributed by atoms with Crippen molar-refractivity contribution in [2.45, 2.75) is 26.4 Å². The van der Waals surface area contributed by atoms with Gasteiger partial charge in [0.15, 0.2) is 0 Å². The fraction of sp³-hybridized carbons (Fsp3) is 0.480. The van der Waals surface area contributed by atoms with Gasteiger partial charge in [-0.1, -0.05) is 25.1 Å². The fourth-order valence-electron chi connectivity index (χ4n) is 4.28. The predicted molar refractivity (Wildman–Crippen MR) is 121 cm³/mol. The first-order chi connectivity index (χ1) is 14.6. The van der Waals surface area contributed by atoms with Gasteiger partial charge in [0.2, 0.25) is 0 Å². The van der Waals surface area contributed by atoms with E-state index < -0.39 is 0 Å². The van der Waals surface area contributed by atoms with Crippen LogP contribution < -0.4 is 4.90 Å². The van der Waals surface area contributed by atoms with Crippen LogP contribution in [0.3, 0.4) is 0 Å². The lowest BCUT2D eigenvalue weighted by molar-refractivity contribution is 0.0775. The van der Waals surface area contributed by atoms with Gasteiger partial charge in [0, 0.05) is 57.6 Å². The highest BCUT2D eigenvalue weighted by Crippen LogP contribution is 2.20. The number of piperazine rings is 1. The zero-order valence-corrected chi connectivity index (χ0v) is 18.3. The summed E-state index contributed by atoms with van der Waals surface area (Å²) in [5.41, 5.74) is 5.96. The maximum absolute atomic E-state index is 12.9. The highest BCUT2D eigenvalue weighted by atomic mass is 16.5. The average molecular weight is 408 g/mol. The van der Waals surface area contributed by atoms with Crippen LogP contribution >= 0.6 is 0 Å². The van der Waals surface area contributed by atoms with Crippen LogP contribution in [0.5, 0.6) is 0 Å². The molecule has 2 aliphatic rings. The molecule has 2 aromatic rings. The van der Waals surface area contributed by atoms with E-state index in [2.05, 4.69) is 47.1 Å². The van der Waals surface area contributed by atoms with Crippen molar-refractivity contribution < 1.29 is 9.53 Å². The van der Waals surface area contributed by atoms with Crippen molar-refractivity contribution in [2.75, 3.05) is 57.8 Å². The number of aryl methyl sites for hydroxylation is 1. The lowest BCUT2D eigenvalue weighted by Gasteiger charge is -2.36. The Morgan fingerprint density at radius 3 is 2.53 bits per heavy atom. The minimum Gasteiger partial charge on any atom is -0.376 e. The van der Waals surface area contributed by atoms with Gasteiger partial charge >= 0.3 is 0 Å². The number of ether oxygens (including phenoxy) is 1. The Morgan fingerprint density at radius 2 is 1.80 bits per heavy atom. The molecule has 4 rings (SSSR count). The lowest BCUT2D eigenvalue weighted by Crippen LogP contribution is -2.48. The Bertz CT molecular complexity index is 857. The van der Waals surface area contributed by atoms with E-state index in [0.717, 1.165) is 64.3 Å². The van der Waals surface area contributed by atoms with Crippen LogP contribution in [0, 0.1) is 0 Å². The number of carbonyl (C=O) groups is 1. The number of hydrogen-bond acceptors (Lipinski definition) is 4. The quantitative estimate of drug-likeness (QED) is 0.737. The molecule has 0 N–H and O–H groups in total. The Morgan fingerprint density at radius 1 is 1.03 bits per heavy atom. The summed E-state index contributed by atoms with van der Waals surface area (Å²) in [6.45, 7) is 9.42. The number of fused-ring (bicyclic) bond motifs is 1. The van der Waals surface area contributed by atoms with Crippen LogP contribution in [0.1, 0.15) is 34.0 Å². The fourth-order valence-corrected chi connectivity index (χ4v) is 4.28. The van der Waals surface area contributed by atoms with Crippen LogP contribution in [0.25, 0.3) is 0 Å². The SMILES string of the molecule is CCc1ccc(N2CCN(CCN(C)C(=O)c3ccc4c(c3)CCOC4)CC2)cc1. The number of rotatable bonds is 6. The molecule has 0 radical (unpaired) electrons. The van der Waals surface area contributed by atoms with Crippen LogP contribution in [0.4, 0.5) is 5.69 Å². The normalized spacial score (nSPS) is 16.9. The summed E-state index contributed by atoms with van der Waals surface area (Å²) in [4.78, 5) is 19.6. The minimum absolute atomic E-state index is 0.110. The van der Waals surface area contributed by atoms with Crippen molar-refractivity contribution in [3.63, 3.8) is 0 Å². The molecule has 0 aromatic heterocycles. The van der Waals surface area contributed by atoms with E-state index in [9.17, 15) is 4.79 Å². The summed E-state index contributed by atoms with van der Waals surface area (Å²) in [5, 5.41) is 0. The van der Waals surface area contributed by atoms with Crippen LogP contribution in [-0.4, -0.2) is 68.6 Å². The largest absolute Gasteiger partial charge is 0.376 e. The van der Waals surface area contributed by atoms with E-state index in [1.165, 1.54) is 22.4 Å². The van der Waals surface area contributed by atoms with E-state index in [0.29, 0.717) is 6.61 Å². The van der Waals surface area contributed by atoms with Crippen molar-refractivity contribution >= 4 is 11.6 Å². The number of likely N-dealkylation sites (N-methyl/N-ethyl adjacent to an activating group) is 1. The molecule has 0 spiro atoms. The Balaban J connectivity index is 1.25. The van der Waals surface area contributed by atoms with Gasteiger partial charge in [-0.15, -0.1) is 0 Å². The van der Waals surface area contributed by atoms with Crippen LogP contribution in [0.15, 0.2) is 42.5 Å². The summed E-state index contributed by atoms with van der Waals surface area (Å²) in [6.07, 6.45) is 1.98. The molecule has 2 heterocycles. The standard InChI is InChI=1S/C25H33N3O2/c1-3-20-4-8-24(9-5-20)28-15-13-27(14-16-28)12-11-26(2)25(29)22-6-7-23-19-30-17-10-21(23)18-22/h4-9,18H,3,10-17,19H2,1-2H3. The first kappa shape index (κ1) is 20.9. The van der Waals surface area contributed by atoms with E-state index in [-0.39, 0.29) is 5.91 Å². The van der Waals surface area contributed by atoms with E-state index >= 15 is 0 Å². The van der Waals surface area contributed by atoms with Gasteiger partial charge in [-0.3, -0.25) is 9.69 Å².